The van der Waals surface area contributed by atoms with Gasteiger partial charge in [-0.25, -0.2) is 4.98 Å². The lowest BCUT2D eigenvalue weighted by atomic mass is 9.53. The Morgan fingerprint density at radius 3 is 2.52 bits per heavy atom. The van der Waals surface area contributed by atoms with Crippen molar-refractivity contribution < 1.29 is 9.84 Å². The third-order valence-electron chi connectivity index (χ3n) is 8.38. The Hall–Kier alpha value is -2.21. The minimum atomic E-state index is -0.577. The molecule has 176 valence electrons. The maximum absolute atomic E-state index is 11.7. The van der Waals surface area contributed by atoms with Gasteiger partial charge < -0.3 is 19.7 Å². The zero-order valence-electron chi connectivity index (χ0n) is 20.0. The summed E-state index contributed by atoms with van der Waals surface area (Å²) in [4.78, 5) is 10.5. The largest absolute Gasteiger partial charge is 0.390 e. The van der Waals surface area contributed by atoms with Gasteiger partial charge in [0.05, 0.1) is 22.2 Å². The summed E-state index contributed by atoms with van der Waals surface area (Å²) in [5.74, 6) is 1.73. The van der Waals surface area contributed by atoms with Gasteiger partial charge in [-0.1, -0.05) is 42.5 Å². The van der Waals surface area contributed by atoms with Crippen LogP contribution in [0.1, 0.15) is 49.9 Å². The number of methoxy groups -OCH3 is 1. The normalized spacial score (nSPS) is 29.2. The molecule has 2 aromatic carbocycles. The van der Waals surface area contributed by atoms with E-state index in [1.807, 2.05) is 19.2 Å². The van der Waals surface area contributed by atoms with Crippen molar-refractivity contribution in [1.29, 1.82) is 0 Å². The molecule has 0 radical (unpaired) electrons. The molecule has 6 rings (SSSR count). The SMILES string of the molecule is CO[C@]1(c2ccccc2)C[C@@H]2CC[C@H]1C[C@@]2(O)CCN(C)CCCc1nc2ccccc2[nH]1. The van der Waals surface area contributed by atoms with Crippen molar-refractivity contribution in [1.82, 2.24) is 14.9 Å². The molecule has 0 saturated heterocycles. The van der Waals surface area contributed by atoms with Crippen LogP contribution < -0.4 is 0 Å². The van der Waals surface area contributed by atoms with E-state index in [-0.39, 0.29) is 5.60 Å². The number of aromatic amines is 1. The molecule has 4 atom stereocenters. The standard InChI is InChI=1S/C28H37N3O2/c1-31(17-8-13-26-29-24-11-6-7-12-25(24)30-26)18-16-27(32)19-23-15-14-22(27)20-28(23,33-2)21-9-4-3-5-10-21/h3-7,9-12,22-23,32H,8,13-20H2,1-2H3,(H,29,30)/t22-,23-,27-,28-/m0/s1. The van der Waals surface area contributed by atoms with Crippen LogP contribution in [0, 0.1) is 11.8 Å². The molecule has 0 aliphatic heterocycles. The number of rotatable bonds is 9. The van der Waals surface area contributed by atoms with Crippen LogP contribution >= 0.6 is 0 Å². The number of nitrogens with zero attached hydrogens (tertiary/aromatic N) is 2. The molecule has 1 heterocycles. The van der Waals surface area contributed by atoms with Crippen molar-refractivity contribution in [2.45, 2.75) is 56.1 Å². The summed E-state index contributed by atoms with van der Waals surface area (Å²) in [7, 11) is 4.02. The van der Waals surface area contributed by atoms with E-state index >= 15 is 0 Å². The molecule has 3 aliphatic carbocycles. The topological polar surface area (TPSA) is 61.4 Å². The van der Waals surface area contributed by atoms with Crippen LogP contribution in [-0.2, 0) is 16.8 Å². The van der Waals surface area contributed by atoms with E-state index in [1.54, 1.807) is 0 Å². The van der Waals surface area contributed by atoms with Gasteiger partial charge in [-0.2, -0.15) is 0 Å². The molecule has 0 spiro atoms. The molecule has 2 N–H and O–H groups in total. The first kappa shape index (κ1) is 22.6. The number of aryl methyl sites for hydroxylation is 1. The smallest absolute Gasteiger partial charge is 0.107 e. The molecular formula is C28H37N3O2. The number of H-pyrrole nitrogens is 1. The quantitative estimate of drug-likeness (QED) is 0.489. The molecule has 3 aliphatic rings. The lowest BCUT2D eigenvalue weighted by Crippen LogP contribution is -2.58. The average molecular weight is 448 g/mol. The van der Waals surface area contributed by atoms with E-state index in [0.717, 1.165) is 74.9 Å². The van der Waals surface area contributed by atoms with Crippen molar-refractivity contribution in [3.05, 3.63) is 66.0 Å². The van der Waals surface area contributed by atoms with Gasteiger partial charge in [-0.15, -0.1) is 0 Å². The van der Waals surface area contributed by atoms with Gasteiger partial charge in [0.15, 0.2) is 0 Å². The minimum absolute atomic E-state index is 0.241. The minimum Gasteiger partial charge on any atom is -0.390 e. The predicted molar refractivity (Wildman–Crippen MR) is 132 cm³/mol. The number of para-hydroxylation sites is 2. The van der Waals surface area contributed by atoms with E-state index in [0.29, 0.717) is 11.8 Å². The lowest BCUT2D eigenvalue weighted by molar-refractivity contribution is -0.207. The maximum atomic E-state index is 11.7. The fourth-order valence-electron chi connectivity index (χ4n) is 6.47. The number of hydrogen-bond donors (Lipinski definition) is 2. The summed E-state index contributed by atoms with van der Waals surface area (Å²) in [6.07, 6.45) is 6.85. The summed E-state index contributed by atoms with van der Waals surface area (Å²) in [6, 6.07) is 18.8. The van der Waals surface area contributed by atoms with Crippen LogP contribution in [0.25, 0.3) is 11.0 Å². The van der Waals surface area contributed by atoms with Crippen LogP contribution in [-0.4, -0.2) is 52.8 Å². The van der Waals surface area contributed by atoms with Gasteiger partial charge in [0.1, 0.15) is 5.82 Å². The number of aliphatic hydroxyl groups is 1. The third kappa shape index (κ3) is 4.34. The highest BCUT2D eigenvalue weighted by atomic mass is 16.5. The van der Waals surface area contributed by atoms with Crippen molar-refractivity contribution in [3.8, 4) is 0 Å². The van der Waals surface area contributed by atoms with Gasteiger partial charge in [-0.3, -0.25) is 0 Å². The van der Waals surface area contributed by atoms with E-state index in [4.69, 9.17) is 4.74 Å². The number of benzene rings is 2. The highest BCUT2D eigenvalue weighted by molar-refractivity contribution is 5.74. The van der Waals surface area contributed by atoms with Crippen molar-refractivity contribution >= 4 is 11.0 Å². The monoisotopic (exact) mass is 447 g/mol. The number of ether oxygens (including phenoxy) is 1. The van der Waals surface area contributed by atoms with Crippen LogP contribution in [0.15, 0.2) is 54.6 Å². The van der Waals surface area contributed by atoms with E-state index < -0.39 is 5.60 Å². The Bertz CT molecular complexity index is 1030. The molecule has 0 unspecified atom stereocenters. The van der Waals surface area contributed by atoms with E-state index in [1.165, 1.54) is 5.56 Å². The molecule has 5 heteroatoms. The van der Waals surface area contributed by atoms with Crippen molar-refractivity contribution in [3.63, 3.8) is 0 Å². The average Bonchev–Trinajstić information content (AvgIpc) is 3.26. The summed E-state index contributed by atoms with van der Waals surface area (Å²) >= 11 is 0. The number of imidazole rings is 1. The molecule has 2 bridgehead atoms. The fraction of sp³-hybridized carbons (Fsp3) is 0.536. The Labute approximate surface area is 197 Å². The zero-order chi connectivity index (χ0) is 22.9. The Balaban J connectivity index is 1.15. The van der Waals surface area contributed by atoms with E-state index in [2.05, 4.69) is 64.4 Å². The predicted octanol–water partition coefficient (Wildman–Crippen LogP) is 4.91. The molecule has 3 fully saturated rings. The molecule has 3 aromatic rings. The molecule has 0 amide bonds. The summed E-state index contributed by atoms with van der Waals surface area (Å²) in [5, 5.41) is 11.7. The lowest BCUT2D eigenvalue weighted by Gasteiger charge is -2.58. The van der Waals surface area contributed by atoms with Gasteiger partial charge in [0, 0.05) is 20.1 Å². The van der Waals surface area contributed by atoms with Crippen molar-refractivity contribution in [2.75, 3.05) is 27.2 Å². The number of fused-ring (bicyclic) bond motifs is 4. The number of aromatic nitrogens is 2. The second-order valence-electron chi connectivity index (χ2n) is 10.3. The van der Waals surface area contributed by atoms with Gasteiger partial charge >= 0.3 is 0 Å². The maximum Gasteiger partial charge on any atom is 0.107 e. The first-order valence-corrected chi connectivity index (χ1v) is 12.5. The number of hydrogen-bond acceptors (Lipinski definition) is 4. The molecule has 1 aromatic heterocycles. The third-order valence-corrected chi connectivity index (χ3v) is 8.38. The van der Waals surface area contributed by atoms with Crippen LogP contribution in [0.3, 0.4) is 0 Å². The Morgan fingerprint density at radius 2 is 1.79 bits per heavy atom. The summed E-state index contributed by atoms with van der Waals surface area (Å²) in [5.41, 5.74) is 2.60. The highest BCUT2D eigenvalue weighted by Crippen LogP contribution is 2.58. The molecule has 33 heavy (non-hydrogen) atoms. The number of nitrogens with one attached hydrogen (secondary N) is 1. The van der Waals surface area contributed by atoms with Crippen LogP contribution in [0.5, 0.6) is 0 Å². The Morgan fingerprint density at radius 1 is 1.03 bits per heavy atom. The Kier molecular flexibility index (Phi) is 6.30. The first-order chi connectivity index (χ1) is 16.0. The van der Waals surface area contributed by atoms with Crippen LogP contribution in [0.4, 0.5) is 0 Å². The first-order valence-electron chi connectivity index (χ1n) is 12.5. The van der Waals surface area contributed by atoms with Gasteiger partial charge in [-0.05, 0) is 81.6 Å². The summed E-state index contributed by atoms with van der Waals surface area (Å²) < 4.78 is 6.20. The fourth-order valence-corrected chi connectivity index (χ4v) is 6.47. The second kappa shape index (κ2) is 9.21. The zero-order valence-corrected chi connectivity index (χ0v) is 20.0. The van der Waals surface area contributed by atoms with Crippen molar-refractivity contribution in [2.24, 2.45) is 11.8 Å². The van der Waals surface area contributed by atoms with Gasteiger partial charge in [0.2, 0.25) is 0 Å². The van der Waals surface area contributed by atoms with Gasteiger partial charge in [0.25, 0.3) is 0 Å². The molecular weight excluding hydrogens is 410 g/mol. The molecule has 3 saturated carbocycles. The van der Waals surface area contributed by atoms with Crippen LogP contribution in [0.2, 0.25) is 0 Å². The molecule has 5 nitrogen and oxygen atoms in total. The summed E-state index contributed by atoms with van der Waals surface area (Å²) in [6.45, 7) is 1.93. The highest BCUT2D eigenvalue weighted by Gasteiger charge is 2.57. The second-order valence-corrected chi connectivity index (χ2v) is 10.3. The van der Waals surface area contributed by atoms with E-state index in [9.17, 15) is 5.11 Å².